The zero-order chi connectivity index (χ0) is 12.3. The molecule has 0 heterocycles. The summed E-state index contributed by atoms with van der Waals surface area (Å²) >= 11 is 0. The van der Waals surface area contributed by atoms with Crippen LogP contribution in [-0.2, 0) is 5.60 Å². The second-order valence-corrected chi connectivity index (χ2v) is 4.17. The molecule has 0 radical (unpaired) electrons. The Balaban J connectivity index is 2.55. The molecule has 2 aromatic carbocycles. The molecule has 2 aromatic rings. The zero-order valence-electron chi connectivity index (χ0n) is 9.75. The number of hydrogen-bond donors (Lipinski definition) is 2. The van der Waals surface area contributed by atoms with Crippen LogP contribution in [0.2, 0.25) is 0 Å². The minimum Gasteiger partial charge on any atom is -0.390 e. The van der Waals surface area contributed by atoms with E-state index in [1.165, 1.54) is 0 Å². The summed E-state index contributed by atoms with van der Waals surface area (Å²) in [7, 11) is 0. The van der Waals surface area contributed by atoms with Gasteiger partial charge in [-0.2, -0.15) is 0 Å². The highest BCUT2D eigenvalue weighted by molar-refractivity contribution is 5.37. The standard InChI is InChI=1S/C15H16O2/c1-12(16)15(17,13-8-4-2-5-9-13)14-10-6-3-7-11-14/h2-12,16-17H,1H3. The topological polar surface area (TPSA) is 40.5 Å². The van der Waals surface area contributed by atoms with E-state index in [2.05, 4.69) is 0 Å². The monoisotopic (exact) mass is 228 g/mol. The first-order valence-electron chi connectivity index (χ1n) is 5.67. The third-order valence-electron chi connectivity index (χ3n) is 3.03. The SMILES string of the molecule is CC(O)C(O)(c1ccccc1)c1ccccc1. The molecule has 0 aromatic heterocycles. The normalized spacial score (nSPS) is 13.4. The van der Waals surface area contributed by atoms with Crippen molar-refractivity contribution < 1.29 is 10.2 Å². The summed E-state index contributed by atoms with van der Waals surface area (Å²) < 4.78 is 0. The molecule has 88 valence electrons. The van der Waals surface area contributed by atoms with Crippen molar-refractivity contribution in [2.75, 3.05) is 0 Å². The van der Waals surface area contributed by atoms with Crippen molar-refractivity contribution in [3.63, 3.8) is 0 Å². The molecule has 1 unspecified atom stereocenters. The van der Waals surface area contributed by atoms with Crippen LogP contribution in [0.1, 0.15) is 18.1 Å². The van der Waals surface area contributed by atoms with E-state index >= 15 is 0 Å². The highest BCUT2D eigenvalue weighted by atomic mass is 16.3. The lowest BCUT2D eigenvalue weighted by atomic mass is 9.82. The Bertz CT molecular complexity index is 423. The molecule has 0 amide bonds. The molecule has 2 N–H and O–H groups in total. The van der Waals surface area contributed by atoms with Gasteiger partial charge in [-0.15, -0.1) is 0 Å². The smallest absolute Gasteiger partial charge is 0.140 e. The second kappa shape index (κ2) is 4.70. The average molecular weight is 228 g/mol. The second-order valence-electron chi connectivity index (χ2n) is 4.17. The Morgan fingerprint density at radius 2 is 1.18 bits per heavy atom. The lowest BCUT2D eigenvalue weighted by Crippen LogP contribution is -2.38. The van der Waals surface area contributed by atoms with Gasteiger partial charge in [0.15, 0.2) is 0 Å². The summed E-state index contributed by atoms with van der Waals surface area (Å²) in [5, 5.41) is 20.7. The van der Waals surface area contributed by atoms with Gasteiger partial charge in [0.2, 0.25) is 0 Å². The van der Waals surface area contributed by atoms with Crippen molar-refractivity contribution >= 4 is 0 Å². The minimum atomic E-state index is -1.36. The van der Waals surface area contributed by atoms with Crippen molar-refractivity contribution in [1.82, 2.24) is 0 Å². The van der Waals surface area contributed by atoms with Crippen LogP contribution in [0, 0.1) is 0 Å². The summed E-state index contributed by atoms with van der Waals surface area (Å²) in [6.45, 7) is 1.60. The van der Waals surface area contributed by atoms with Crippen LogP contribution in [0.3, 0.4) is 0 Å². The molecule has 0 saturated carbocycles. The fraction of sp³-hybridized carbons (Fsp3) is 0.200. The van der Waals surface area contributed by atoms with Gasteiger partial charge in [-0.1, -0.05) is 60.7 Å². The van der Waals surface area contributed by atoms with Gasteiger partial charge in [0.25, 0.3) is 0 Å². The molecule has 0 fully saturated rings. The molecule has 0 spiro atoms. The average Bonchev–Trinajstić information content (AvgIpc) is 2.39. The third kappa shape index (κ3) is 2.09. The number of hydrogen-bond acceptors (Lipinski definition) is 2. The highest BCUT2D eigenvalue weighted by Crippen LogP contribution is 2.32. The van der Waals surface area contributed by atoms with E-state index < -0.39 is 11.7 Å². The molecule has 0 saturated heterocycles. The van der Waals surface area contributed by atoms with Crippen molar-refractivity contribution in [2.24, 2.45) is 0 Å². The first kappa shape index (κ1) is 11.8. The lowest BCUT2D eigenvalue weighted by molar-refractivity contribution is -0.0394. The van der Waals surface area contributed by atoms with E-state index in [-0.39, 0.29) is 0 Å². The first-order chi connectivity index (χ1) is 8.15. The van der Waals surface area contributed by atoms with Crippen LogP contribution in [0.5, 0.6) is 0 Å². The van der Waals surface area contributed by atoms with E-state index in [0.29, 0.717) is 11.1 Å². The maximum atomic E-state index is 10.8. The van der Waals surface area contributed by atoms with Crippen LogP contribution in [-0.4, -0.2) is 16.3 Å². The highest BCUT2D eigenvalue weighted by Gasteiger charge is 2.36. The molecule has 0 bridgehead atoms. The molecule has 17 heavy (non-hydrogen) atoms. The van der Waals surface area contributed by atoms with Gasteiger partial charge < -0.3 is 10.2 Å². The third-order valence-corrected chi connectivity index (χ3v) is 3.03. The van der Waals surface area contributed by atoms with E-state index in [9.17, 15) is 10.2 Å². The van der Waals surface area contributed by atoms with Crippen LogP contribution >= 0.6 is 0 Å². The zero-order valence-corrected chi connectivity index (χ0v) is 9.75. The Kier molecular flexibility index (Phi) is 3.27. The van der Waals surface area contributed by atoms with Crippen LogP contribution in [0.25, 0.3) is 0 Å². The lowest BCUT2D eigenvalue weighted by Gasteiger charge is -2.32. The van der Waals surface area contributed by atoms with E-state index in [4.69, 9.17) is 0 Å². The van der Waals surface area contributed by atoms with Crippen LogP contribution in [0.15, 0.2) is 60.7 Å². The summed E-state index contributed by atoms with van der Waals surface area (Å²) in [6, 6.07) is 18.5. The molecule has 0 aliphatic rings. The molecular formula is C15H16O2. The molecule has 0 aliphatic heterocycles. The molecular weight excluding hydrogens is 212 g/mol. The first-order valence-corrected chi connectivity index (χ1v) is 5.67. The van der Waals surface area contributed by atoms with Gasteiger partial charge in [-0.25, -0.2) is 0 Å². The van der Waals surface area contributed by atoms with Crippen molar-refractivity contribution in [3.8, 4) is 0 Å². The van der Waals surface area contributed by atoms with Gasteiger partial charge >= 0.3 is 0 Å². The van der Waals surface area contributed by atoms with Crippen LogP contribution < -0.4 is 0 Å². The number of aliphatic hydroxyl groups is 2. The maximum Gasteiger partial charge on any atom is 0.140 e. The summed E-state index contributed by atoms with van der Waals surface area (Å²) in [6.07, 6.45) is -0.882. The molecule has 2 heteroatoms. The number of benzene rings is 2. The van der Waals surface area contributed by atoms with Gasteiger partial charge in [-0.3, -0.25) is 0 Å². The Morgan fingerprint density at radius 1 is 0.824 bits per heavy atom. The number of rotatable bonds is 3. The molecule has 2 rings (SSSR count). The van der Waals surface area contributed by atoms with Gasteiger partial charge in [0, 0.05) is 0 Å². The molecule has 1 atom stereocenters. The minimum absolute atomic E-state index is 0.696. The fourth-order valence-electron chi connectivity index (χ4n) is 2.03. The van der Waals surface area contributed by atoms with Crippen LogP contribution in [0.4, 0.5) is 0 Å². The summed E-state index contributed by atoms with van der Waals surface area (Å²) in [5.41, 5.74) is 0.0325. The Hall–Kier alpha value is -1.64. The predicted octanol–water partition coefficient (Wildman–Crippen LogP) is 2.30. The summed E-state index contributed by atoms with van der Waals surface area (Å²) in [4.78, 5) is 0. The maximum absolute atomic E-state index is 10.8. The van der Waals surface area contributed by atoms with Gasteiger partial charge in [-0.05, 0) is 18.1 Å². The Labute approximate surface area is 101 Å². The fourth-order valence-corrected chi connectivity index (χ4v) is 2.03. The van der Waals surface area contributed by atoms with Crippen molar-refractivity contribution in [1.29, 1.82) is 0 Å². The van der Waals surface area contributed by atoms with E-state index in [1.54, 1.807) is 6.92 Å². The van der Waals surface area contributed by atoms with Gasteiger partial charge in [0.1, 0.15) is 5.60 Å². The van der Waals surface area contributed by atoms with Gasteiger partial charge in [0.05, 0.1) is 6.10 Å². The molecule has 2 nitrogen and oxygen atoms in total. The van der Waals surface area contributed by atoms with Crippen molar-refractivity contribution in [2.45, 2.75) is 18.6 Å². The molecule has 0 aliphatic carbocycles. The van der Waals surface area contributed by atoms with E-state index in [1.807, 2.05) is 60.7 Å². The Morgan fingerprint density at radius 3 is 1.47 bits per heavy atom. The quantitative estimate of drug-likeness (QED) is 0.846. The number of aliphatic hydroxyl groups excluding tert-OH is 1. The summed E-state index contributed by atoms with van der Waals surface area (Å²) in [5.74, 6) is 0. The largest absolute Gasteiger partial charge is 0.390 e. The van der Waals surface area contributed by atoms with E-state index in [0.717, 1.165) is 0 Å². The van der Waals surface area contributed by atoms with Crippen molar-refractivity contribution in [3.05, 3.63) is 71.8 Å². The predicted molar refractivity (Wildman–Crippen MR) is 67.6 cm³/mol.